The summed E-state index contributed by atoms with van der Waals surface area (Å²) in [6, 6.07) is 3.33. The lowest BCUT2D eigenvalue weighted by molar-refractivity contribution is -0.134. The van der Waals surface area contributed by atoms with Crippen molar-refractivity contribution in [2.75, 3.05) is 13.7 Å². The highest BCUT2D eigenvalue weighted by molar-refractivity contribution is 6.07. The summed E-state index contributed by atoms with van der Waals surface area (Å²) in [5.41, 5.74) is -0.0203. The van der Waals surface area contributed by atoms with Crippen molar-refractivity contribution < 1.29 is 18.4 Å². The molecule has 2 aliphatic rings. The van der Waals surface area contributed by atoms with Crippen LogP contribution in [-0.4, -0.2) is 41.0 Å². The number of hydrogen-bond donors (Lipinski definition) is 1. The van der Waals surface area contributed by atoms with E-state index < -0.39 is 17.2 Å². The fraction of sp³-hybridized carbons (Fsp3) is 0.619. The molecular formula is C21H29F2N3O2. The van der Waals surface area contributed by atoms with E-state index >= 15 is 0 Å². The predicted molar refractivity (Wildman–Crippen MR) is 102 cm³/mol. The van der Waals surface area contributed by atoms with Gasteiger partial charge in [0.25, 0.3) is 5.91 Å². The van der Waals surface area contributed by atoms with Crippen LogP contribution >= 0.6 is 0 Å². The third-order valence-electron chi connectivity index (χ3n) is 6.13. The van der Waals surface area contributed by atoms with E-state index in [9.17, 15) is 18.4 Å². The smallest absolute Gasteiger partial charge is 0.323 e. The van der Waals surface area contributed by atoms with E-state index in [0.29, 0.717) is 30.9 Å². The Morgan fingerprint density at radius 3 is 2.39 bits per heavy atom. The number of amides is 3. The maximum absolute atomic E-state index is 13.4. The van der Waals surface area contributed by atoms with Gasteiger partial charge in [-0.3, -0.25) is 9.69 Å². The van der Waals surface area contributed by atoms with Gasteiger partial charge in [0.2, 0.25) is 0 Å². The summed E-state index contributed by atoms with van der Waals surface area (Å²) in [5.74, 6) is -1.45. The summed E-state index contributed by atoms with van der Waals surface area (Å²) >= 11 is 0. The summed E-state index contributed by atoms with van der Waals surface area (Å²) in [6.45, 7) is 7.04. The lowest BCUT2D eigenvalue weighted by atomic mass is 9.67. The van der Waals surface area contributed by atoms with Crippen molar-refractivity contribution in [3.8, 4) is 0 Å². The molecule has 5 nitrogen and oxygen atoms in total. The van der Waals surface area contributed by atoms with Gasteiger partial charge in [0.05, 0.1) is 6.67 Å². The van der Waals surface area contributed by atoms with Crippen LogP contribution in [0.2, 0.25) is 0 Å². The molecule has 2 fully saturated rings. The zero-order valence-corrected chi connectivity index (χ0v) is 17.0. The van der Waals surface area contributed by atoms with Gasteiger partial charge in [-0.1, -0.05) is 26.8 Å². The Morgan fingerprint density at radius 1 is 1.18 bits per heavy atom. The number of urea groups is 1. The maximum Gasteiger partial charge on any atom is 0.326 e. The van der Waals surface area contributed by atoms with E-state index in [0.717, 1.165) is 25.0 Å². The second-order valence-electron chi connectivity index (χ2n) is 9.29. The van der Waals surface area contributed by atoms with Crippen molar-refractivity contribution in [2.45, 2.75) is 58.5 Å². The molecule has 1 aromatic rings. The number of nitrogens with one attached hydrogen (secondary N) is 1. The van der Waals surface area contributed by atoms with Crippen molar-refractivity contribution in [3.63, 3.8) is 0 Å². The van der Waals surface area contributed by atoms with Gasteiger partial charge in [0.15, 0.2) is 11.6 Å². The van der Waals surface area contributed by atoms with Crippen LogP contribution in [0.3, 0.4) is 0 Å². The van der Waals surface area contributed by atoms with Gasteiger partial charge in [0.1, 0.15) is 5.54 Å². The Hall–Kier alpha value is -2.02. The van der Waals surface area contributed by atoms with E-state index in [-0.39, 0.29) is 24.0 Å². The topological polar surface area (TPSA) is 52.6 Å². The number of hydrogen-bond acceptors (Lipinski definition) is 3. The van der Waals surface area contributed by atoms with Crippen LogP contribution in [0.25, 0.3) is 0 Å². The fourth-order valence-corrected chi connectivity index (χ4v) is 4.36. The third kappa shape index (κ3) is 4.04. The van der Waals surface area contributed by atoms with E-state index in [1.54, 1.807) is 11.9 Å². The molecule has 1 N–H and O–H groups in total. The molecule has 1 heterocycles. The highest BCUT2D eigenvalue weighted by Gasteiger charge is 2.53. The molecular weight excluding hydrogens is 364 g/mol. The first-order valence-electron chi connectivity index (χ1n) is 9.78. The average molecular weight is 393 g/mol. The Balaban J connectivity index is 1.63. The zero-order chi connectivity index (χ0) is 20.7. The first kappa shape index (κ1) is 20.7. The normalized spacial score (nSPS) is 25.7. The summed E-state index contributed by atoms with van der Waals surface area (Å²) in [5, 5.41) is 2.93. The molecule has 1 saturated heterocycles. The number of rotatable bonds is 4. The van der Waals surface area contributed by atoms with Gasteiger partial charge in [0, 0.05) is 6.54 Å². The van der Waals surface area contributed by atoms with Gasteiger partial charge >= 0.3 is 6.03 Å². The fourth-order valence-electron chi connectivity index (χ4n) is 4.36. The number of carbonyl (C=O) groups is 2. The average Bonchev–Trinajstić information content (AvgIpc) is 2.82. The molecule has 3 rings (SSSR count). The van der Waals surface area contributed by atoms with E-state index in [1.807, 2.05) is 0 Å². The van der Waals surface area contributed by atoms with Crippen molar-refractivity contribution in [1.82, 2.24) is 15.1 Å². The Kier molecular flexibility index (Phi) is 5.49. The molecule has 1 aromatic carbocycles. The van der Waals surface area contributed by atoms with Gasteiger partial charge in [-0.25, -0.2) is 18.5 Å². The molecule has 1 aliphatic carbocycles. The molecule has 0 atom stereocenters. The van der Waals surface area contributed by atoms with Gasteiger partial charge in [-0.05, 0) is 61.8 Å². The monoisotopic (exact) mass is 393 g/mol. The number of benzene rings is 1. The van der Waals surface area contributed by atoms with Crippen LogP contribution in [0.1, 0.15) is 52.0 Å². The number of halogens is 2. The second-order valence-corrected chi connectivity index (χ2v) is 9.29. The Labute approximate surface area is 165 Å². The standard InChI is InChI=1S/C21H29F2N3O2/c1-20(2,3)15-7-9-21(10-8-15)18(27)26(19(28)24-21)13-25(4)12-14-5-6-16(22)17(23)11-14/h5-6,11,15H,7-10,12-13H2,1-4H3,(H,24,28). The highest BCUT2D eigenvalue weighted by atomic mass is 19.2. The highest BCUT2D eigenvalue weighted by Crippen LogP contribution is 2.43. The molecule has 0 aromatic heterocycles. The lowest BCUT2D eigenvalue weighted by Gasteiger charge is -2.40. The van der Waals surface area contributed by atoms with Crippen LogP contribution < -0.4 is 5.32 Å². The van der Waals surface area contributed by atoms with E-state index in [1.165, 1.54) is 11.0 Å². The van der Waals surface area contributed by atoms with E-state index in [4.69, 9.17) is 0 Å². The van der Waals surface area contributed by atoms with Crippen molar-refractivity contribution >= 4 is 11.9 Å². The minimum atomic E-state index is -0.907. The largest absolute Gasteiger partial charge is 0.326 e. The number of imide groups is 1. The molecule has 1 spiro atoms. The molecule has 154 valence electrons. The van der Waals surface area contributed by atoms with Gasteiger partial charge < -0.3 is 5.32 Å². The van der Waals surface area contributed by atoms with Crippen molar-refractivity contribution in [1.29, 1.82) is 0 Å². The summed E-state index contributed by atoms with van der Waals surface area (Å²) in [7, 11) is 1.74. The molecule has 0 unspecified atom stereocenters. The van der Waals surface area contributed by atoms with Gasteiger partial charge in [-0.15, -0.1) is 0 Å². The summed E-state index contributed by atoms with van der Waals surface area (Å²) in [6.07, 6.45) is 3.13. The molecule has 1 aliphatic heterocycles. The Morgan fingerprint density at radius 2 is 1.82 bits per heavy atom. The SMILES string of the molecule is CN(Cc1ccc(F)c(F)c1)CN1C(=O)NC2(CCC(C(C)(C)C)CC2)C1=O. The van der Waals surface area contributed by atoms with Gasteiger partial charge in [-0.2, -0.15) is 0 Å². The zero-order valence-electron chi connectivity index (χ0n) is 17.0. The molecule has 0 radical (unpaired) electrons. The predicted octanol–water partition coefficient (Wildman–Crippen LogP) is 3.88. The van der Waals surface area contributed by atoms with Crippen LogP contribution in [-0.2, 0) is 11.3 Å². The maximum atomic E-state index is 13.4. The van der Waals surface area contributed by atoms with Crippen LogP contribution in [0.5, 0.6) is 0 Å². The first-order chi connectivity index (χ1) is 13.0. The number of carbonyl (C=O) groups excluding carboxylic acids is 2. The Bertz CT molecular complexity index is 767. The summed E-state index contributed by atoms with van der Waals surface area (Å²) < 4.78 is 26.5. The van der Waals surface area contributed by atoms with Crippen molar-refractivity contribution in [3.05, 3.63) is 35.4 Å². The second kappa shape index (κ2) is 7.43. The molecule has 1 saturated carbocycles. The number of nitrogens with zero attached hydrogens (tertiary/aromatic N) is 2. The first-order valence-corrected chi connectivity index (χ1v) is 9.78. The van der Waals surface area contributed by atoms with Crippen LogP contribution in [0.15, 0.2) is 18.2 Å². The summed E-state index contributed by atoms with van der Waals surface area (Å²) in [4.78, 5) is 28.5. The minimum Gasteiger partial charge on any atom is -0.323 e. The molecule has 0 bridgehead atoms. The van der Waals surface area contributed by atoms with E-state index in [2.05, 4.69) is 26.1 Å². The van der Waals surface area contributed by atoms with Crippen molar-refractivity contribution in [2.24, 2.45) is 11.3 Å². The lowest BCUT2D eigenvalue weighted by Crippen LogP contribution is -2.51. The third-order valence-corrected chi connectivity index (χ3v) is 6.13. The molecule has 3 amide bonds. The minimum absolute atomic E-state index is 0.105. The van der Waals surface area contributed by atoms with Crippen LogP contribution in [0, 0.1) is 23.0 Å². The molecule has 28 heavy (non-hydrogen) atoms. The van der Waals surface area contributed by atoms with Crippen LogP contribution in [0.4, 0.5) is 13.6 Å². The quantitative estimate of drug-likeness (QED) is 0.790. The molecule has 7 heteroatoms.